The van der Waals surface area contributed by atoms with Gasteiger partial charge in [-0.25, -0.2) is 0 Å². The van der Waals surface area contributed by atoms with Gasteiger partial charge in [-0.15, -0.1) is 10.2 Å². The van der Waals surface area contributed by atoms with E-state index in [-0.39, 0.29) is 0 Å². The van der Waals surface area contributed by atoms with Crippen LogP contribution in [0.15, 0.2) is 18.2 Å². The third kappa shape index (κ3) is 2.08. The van der Waals surface area contributed by atoms with E-state index in [1.165, 1.54) is 0 Å². The van der Waals surface area contributed by atoms with E-state index < -0.39 is 0 Å². The number of aromatic nitrogens is 4. The van der Waals surface area contributed by atoms with Crippen LogP contribution < -0.4 is 5.32 Å². The minimum absolute atomic E-state index is 0.291. The molecule has 0 saturated carbocycles. The second-order valence-electron chi connectivity index (χ2n) is 2.98. The molecule has 0 aliphatic carbocycles. The topological polar surface area (TPSA) is 90.3 Å². The Morgan fingerprint density at radius 2 is 2.20 bits per heavy atom. The molecule has 0 amide bonds. The molecule has 6 heteroatoms. The standard InChI is InChI=1S/C9H8N6/c1-6-4-9(15-12-6)11-8-3-2-7(5-10)13-14-8/h2-4H,1H3,(H2,11,12,14,15). The van der Waals surface area contributed by atoms with Crippen LogP contribution >= 0.6 is 0 Å². The molecule has 0 aromatic carbocycles. The molecule has 0 bridgehead atoms. The van der Waals surface area contributed by atoms with Gasteiger partial charge < -0.3 is 5.32 Å². The number of anilines is 2. The minimum atomic E-state index is 0.291. The normalized spacial score (nSPS) is 9.60. The molecule has 0 spiro atoms. The molecule has 0 radical (unpaired) electrons. The molecule has 0 fully saturated rings. The Hall–Kier alpha value is -2.42. The fourth-order valence-electron chi connectivity index (χ4n) is 1.07. The summed E-state index contributed by atoms with van der Waals surface area (Å²) in [4.78, 5) is 0. The molecule has 0 aliphatic heterocycles. The van der Waals surface area contributed by atoms with Crippen molar-refractivity contribution < 1.29 is 0 Å². The first-order valence-corrected chi connectivity index (χ1v) is 4.31. The van der Waals surface area contributed by atoms with Gasteiger partial charge in [0, 0.05) is 11.8 Å². The van der Waals surface area contributed by atoms with E-state index in [2.05, 4.69) is 25.7 Å². The monoisotopic (exact) mass is 200 g/mol. The van der Waals surface area contributed by atoms with Crippen LogP contribution in [0.2, 0.25) is 0 Å². The summed E-state index contributed by atoms with van der Waals surface area (Å²) in [5.74, 6) is 1.23. The van der Waals surface area contributed by atoms with E-state index in [0.29, 0.717) is 17.3 Å². The first-order valence-electron chi connectivity index (χ1n) is 4.31. The molecule has 74 valence electrons. The van der Waals surface area contributed by atoms with Gasteiger partial charge in [-0.2, -0.15) is 10.4 Å². The van der Waals surface area contributed by atoms with Crippen LogP contribution in [-0.2, 0) is 0 Å². The van der Waals surface area contributed by atoms with Crippen molar-refractivity contribution in [2.45, 2.75) is 6.92 Å². The molecule has 2 heterocycles. The van der Waals surface area contributed by atoms with Gasteiger partial charge in [-0.1, -0.05) is 0 Å². The summed E-state index contributed by atoms with van der Waals surface area (Å²) in [6, 6.07) is 7.01. The highest BCUT2D eigenvalue weighted by molar-refractivity contribution is 5.51. The molecule has 6 nitrogen and oxygen atoms in total. The number of aromatic amines is 1. The zero-order valence-corrected chi connectivity index (χ0v) is 8.02. The lowest BCUT2D eigenvalue weighted by Gasteiger charge is -1.98. The lowest BCUT2D eigenvalue weighted by Crippen LogP contribution is -1.96. The fraction of sp³-hybridized carbons (Fsp3) is 0.111. The van der Waals surface area contributed by atoms with Gasteiger partial charge in [-0.05, 0) is 19.1 Å². The smallest absolute Gasteiger partial charge is 0.163 e. The van der Waals surface area contributed by atoms with Crippen molar-refractivity contribution >= 4 is 11.6 Å². The van der Waals surface area contributed by atoms with Crippen molar-refractivity contribution in [1.29, 1.82) is 5.26 Å². The summed E-state index contributed by atoms with van der Waals surface area (Å²) in [6.45, 7) is 1.91. The van der Waals surface area contributed by atoms with Crippen LogP contribution in [-0.4, -0.2) is 20.4 Å². The van der Waals surface area contributed by atoms with E-state index in [9.17, 15) is 0 Å². The zero-order chi connectivity index (χ0) is 10.7. The largest absolute Gasteiger partial charge is 0.322 e. The summed E-state index contributed by atoms with van der Waals surface area (Å²) in [5.41, 5.74) is 1.25. The van der Waals surface area contributed by atoms with Crippen molar-refractivity contribution in [3.05, 3.63) is 29.6 Å². The van der Waals surface area contributed by atoms with Crippen molar-refractivity contribution in [3.8, 4) is 6.07 Å². The minimum Gasteiger partial charge on any atom is -0.322 e. The van der Waals surface area contributed by atoms with Crippen molar-refractivity contribution in [2.75, 3.05) is 5.32 Å². The molecular formula is C9H8N6. The average Bonchev–Trinajstić information content (AvgIpc) is 2.65. The van der Waals surface area contributed by atoms with Gasteiger partial charge >= 0.3 is 0 Å². The molecule has 0 saturated heterocycles. The molecule has 0 aliphatic rings. The molecule has 2 N–H and O–H groups in total. The molecule has 2 aromatic heterocycles. The Morgan fingerprint density at radius 3 is 2.73 bits per heavy atom. The van der Waals surface area contributed by atoms with Gasteiger partial charge in [0.2, 0.25) is 0 Å². The van der Waals surface area contributed by atoms with Crippen LogP contribution in [0.1, 0.15) is 11.4 Å². The third-order valence-corrected chi connectivity index (χ3v) is 1.74. The first kappa shape index (κ1) is 9.15. The fourth-order valence-corrected chi connectivity index (χ4v) is 1.07. The van der Waals surface area contributed by atoms with E-state index >= 15 is 0 Å². The van der Waals surface area contributed by atoms with E-state index in [4.69, 9.17) is 5.26 Å². The summed E-state index contributed by atoms with van der Waals surface area (Å²) < 4.78 is 0. The molecular weight excluding hydrogens is 192 g/mol. The van der Waals surface area contributed by atoms with Crippen molar-refractivity contribution in [2.24, 2.45) is 0 Å². The maximum absolute atomic E-state index is 8.53. The number of hydrogen-bond acceptors (Lipinski definition) is 5. The highest BCUT2D eigenvalue weighted by atomic mass is 15.2. The summed E-state index contributed by atoms with van der Waals surface area (Å²) >= 11 is 0. The van der Waals surface area contributed by atoms with E-state index in [1.54, 1.807) is 12.1 Å². The van der Waals surface area contributed by atoms with Crippen molar-refractivity contribution in [1.82, 2.24) is 20.4 Å². The van der Waals surface area contributed by atoms with Crippen LogP contribution in [0.25, 0.3) is 0 Å². The quantitative estimate of drug-likeness (QED) is 0.758. The Morgan fingerprint density at radius 1 is 1.33 bits per heavy atom. The number of nitriles is 1. The van der Waals surface area contributed by atoms with Gasteiger partial charge in [0.1, 0.15) is 6.07 Å². The molecule has 0 unspecified atom stereocenters. The number of rotatable bonds is 2. The average molecular weight is 200 g/mol. The molecule has 15 heavy (non-hydrogen) atoms. The van der Waals surface area contributed by atoms with E-state index in [0.717, 1.165) is 5.69 Å². The lowest BCUT2D eigenvalue weighted by atomic mass is 10.4. The number of nitrogens with one attached hydrogen (secondary N) is 2. The predicted octanol–water partition coefficient (Wildman–Crippen LogP) is 1.12. The van der Waals surface area contributed by atoms with Gasteiger partial charge in [0.25, 0.3) is 0 Å². The zero-order valence-electron chi connectivity index (χ0n) is 8.02. The number of H-pyrrole nitrogens is 1. The first-order chi connectivity index (χ1) is 7.28. The summed E-state index contributed by atoms with van der Waals surface area (Å²) in [6.07, 6.45) is 0. The van der Waals surface area contributed by atoms with Gasteiger partial charge in [0.15, 0.2) is 17.3 Å². The van der Waals surface area contributed by atoms with Crippen LogP contribution in [0, 0.1) is 18.3 Å². The van der Waals surface area contributed by atoms with Gasteiger partial charge in [-0.3, -0.25) is 5.10 Å². The number of hydrogen-bond donors (Lipinski definition) is 2. The van der Waals surface area contributed by atoms with Crippen LogP contribution in [0.4, 0.5) is 11.6 Å². The van der Waals surface area contributed by atoms with E-state index in [1.807, 2.05) is 19.1 Å². The van der Waals surface area contributed by atoms with Crippen molar-refractivity contribution in [3.63, 3.8) is 0 Å². The van der Waals surface area contributed by atoms with Gasteiger partial charge in [0.05, 0.1) is 0 Å². The summed E-state index contributed by atoms with van der Waals surface area (Å²) in [7, 11) is 0. The van der Waals surface area contributed by atoms with Crippen LogP contribution in [0.5, 0.6) is 0 Å². The second-order valence-corrected chi connectivity index (χ2v) is 2.98. The maximum Gasteiger partial charge on any atom is 0.163 e. The number of nitrogens with zero attached hydrogens (tertiary/aromatic N) is 4. The summed E-state index contributed by atoms with van der Waals surface area (Å²) in [5, 5.41) is 25.8. The number of aryl methyl sites for hydroxylation is 1. The van der Waals surface area contributed by atoms with Crippen LogP contribution in [0.3, 0.4) is 0 Å². The lowest BCUT2D eigenvalue weighted by molar-refractivity contribution is 1.00. The Balaban J connectivity index is 2.15. The Kier molecular flexibility index (Phi) is 2.29. The maximum atomic E-state index is 8.53. The Bertz CT molecular complexity index is 492. The molecule has 2 aromatic rings. The molecule has 0 atom stereocenters. The second kappa shape index (κ2) is 3.75. The highest BCUT2D eigenvalue weighted by Gasteiger charge is 2.00. The molecule has 2 rings (SSSR count). The highest BCUT2D eigenvalue weighted by Crippen LogP contribution is 2.11. The third-order valence-electron chi connectivity index (χ3n) is 1.74. The SMILES string of the molecule is Cc1cc(Nc2ccc(C#N)nn2)n[nH]1. The Labute approximate surface area is 86.0 Å². The predicted molar refractivity (Wildman–Crippen MR) is 53.4 cm³/mol.